The molecule has 0 aliphatic heterocycles. The highest BCUT2D eigenvalue weighted by molar-refractivity contribution is 9.11. The number of nitrogens with one attached hydrogen (secondary N) is 1. The number of rotatable bonds is 4. The molecule has 0 saturated carbocycles. The van der Waals surface area contributed by atoms with E-state index in [9.17, 15) is 13.2 Å². The normalized spacial score (nSPS) is 11.2. The Hall–Kier alpha value is -1.18. The lowest BCUT2D eigenvalue weighted by molar-refractivity contribution is 0.101. The number of sulfonamides is 1. The summed E-state index contributed by atoms with van der Waals surface area (Å²) in [7, 11) is -3.80. The van der Waals surface area contributed by atoms with Gasteiger partial charge in [-0.3, -0.25) is 9.52 Å². The molecule has 1 N–H and O–H groups in total. The average Bonchev–Trinajstić information content (AvgIpc) is 2.41. The summed E-state index contributed by atoms with van der Waals surface area (Å²) in [5, 5.41) is 0. The number of ketones is 1. The highest BCUT2D eigenvalue weighted by Gasteiger charge is 2.20. The summed E-state index contributed by atoms with van der Waals surface area (Å²) < 4.78 is 28.5. The number of anilines is 1. The van der Waals surface area contributed by atoms with Gasteiger partial charge in [0.05, 0.1) is 5.69 Å². The number of hydrogen-bond acceptors (Lipinski definition) is 3. The van der Waals surface area contributed by atoms with Crippen LogP contribution in [0.4, 0.5) is 5.69 Å². The molecule has 4 nitrogen and oxygen atoms in total. The van der Waals surface area contributed by atoms with Gasteiger partial charge in [0.15, 0.2) is 5.78 Å². The van der Waals surface area contributed by atoms with Crippen molar-refractivity contribution < 1.29 is 13.2 Å². The second-order valence-corrected chi connectivity index (χ2v) is 7.70. The smallest absolute Gasteiger partial charge is 0.263 e. The lowest BCUT2D eigenvalue weighted by atomic mass is 10.1. The van der Waals surface area contributed by atoms with Crippen LogP contribution in [0.25, 0.3) is 0 Å². The Balaban J connectivity index is 2.48. The first kappa shape index (κ1) is 16.2. The quantitative estimate of drug-likeness (QED) is 0.735. The first-order valence-electron chi connectivity index (χ1n) is 5.89. The molecule has 21 heavy (non-hydrogen) atoms. The largest absolute Gasteiger partial charge is 0.294 e. The van der Waals surface area contributed by atoms with Crippen molar-refractivity contribution in [1.29, 1.82) is 0 Å². The number of carbonyl (C=O) groups is 1. The van der Waals surface area contributed by atoms with E-state index in [-0.39, 0.29) is 16.4 Å². The fourth-order valence-electron chi connectivity index (χ4n) is 1.76. The van der Waals surface area contributed by atoms with Gasteiger partial charge in [-0.1, -0.05) is 28.1 Å². The van der Waals surface area contributed by atoms with Crippen molar-refractivity contribution in [2.45, 2.75) is 11.8 Å². The Morgan fingerprint density at radius 3 is 2.43 bits per heavy atom. The van der Waals surface area contributed by atoms with Gasteiger partial charge in [0, 0.05) is 14.5 Å². The molecule has 0 radical (unpaired) electrons. The fraction of sp³-hybridized carbons (Fsp3) is 0.0714. The van der Waals surface area contributed by atoms with Crippen molar-refractivity contribution in [3.05, 3.63) is 57.0 Å². The number of Topliss-reactive ketones (excluding diaryl/α,β-unsaturated/α-hetero) is 1. The lowest BCUT2D eigenvalue weighted by Gasteiger charge is -2.12. The van der Waals surface area contributed by atoms with Gasteiger partial charge in [0.25, 0.3) is 10.0 Å². The van der Waals surface area contributed by atoms with Gasteiger partial charge in [-0.2, -0.15) is 0 Å². The minimum atomic E-state index is -3.80. The van der Waals surface area contributed by atoms with Crippen LogP contribution < -0.4 is 4.72 Å². The molecule has 0 heterocycles. The van der Waals surface area contributed by atoms with Crippen molar-refractivity contribution in [2.75, 3.05) is 4.72 Å². The molecule has 0 aromatic heterocycles. The van der Waals surface area contributed by atoms with Gasteiger partial charge in [-0.15, -0.1) is 0 Å². The number of carbonyl (C=O) groups excluding carboxylic acids is 1. The molecule has 7 heteroatoms. The Morgan fingerprint density at radius 2 is 1.76 bits per heavy atom. The zero-order valence-corrected chi connectivity index (χ0v) is 14.9. The predicted molar refractivity (Wildman–Crippen MR) is 89.1 cm³/mol. The first-order valence-corrected chi connectivity index (χ1v) is 8.96. The van der Waals surface area contributed by atoms with Crippen LogP contribution in [-0.2, 0) is 10.0 Å². The maximum atomic E-state index is 12.5. The minimum absolute atomic E-state index is 0.0928. The summed E-state index contributed by atoms with van der Waals surface area (Å²) in [6, 6.07) is 11.3. The van der Waals surface area contributed by atoms with E-state index < -0.39 is 10.0 Å². The summed E-state index contributed by atoms with van der Waals surface area (Å²) in [6.45, 7) is 1.39. The van der Waals surface area contributed by atoms with Gasteiger partial charge >= 0.3 is 0 Å². The highest BCUT2D eigenvalue weighted by Crippen LogP contribution is 2.28. The van der Waals surface area contributed by atoms with Gasteiger partial charge in [0.2, 0.25) is 0 Å². The summed E-state index contributed by atoms with van der Waals surface area (Å²) in [5.74, 6) is -0.207. The topological polar surface area (TPSA) is 63.2 Å². The van der Waals surface area contributed by atoms with Crippen LogP contribution in [-0.4, -0.2) is 14.2 Å². The van der Waals surface area contributed by atoms with E-state index in [4.69, 9.17) is 0 Å². The second-order valence-electron chi connectivity index (χ2n) is 4.28. The van der Waals surface area contributed by atoms with Crippen molar-refractivity contribution in [2.24, 2.45) is 0 Å². The van der Waals surface area contributed by atoms with E-state index in [0.717, 1.165) is 0 Å². The molecule has 2 rings (SSSR count). The van der Waals surface area contributed by atoms with Gasteiger partial charge in [0.1, 0.15) is 4.90 Å². The molecule has 0 unspecified atom stereocenters. The Labute approximate surface area is 139 Å². The molecule has 0 fully saturated rings. The third kappa shape index (κ3) is 3.72. The van der Waals surface area contributed by atoms with Crippen LogP contribution >= 0.6 is 31.9 Å². The van der Waals surface area contributed by atoms with Crippen LogP contribution in [0.3, 0.4) is 0 Å². The molecule has 0 atom stereocenters. The van der Waals surface area contributed by atoms with E-state index in [1.807, 2.05) is 0 Å². The van der Waals surface area contributed by atoms with Crippen LogP contribution in [0.1, 0.15) is 17.3 Å². The van der Waals surface area contributed by atoms with E-state index in [0.29, 0.717) is 14.5 Å². The molecule has 0 aliphatic rings. The number of hydrogen-bond donors (Lipinski definition) is 1. The number of halogens is 2. The molecule has 0 bridgehead atoms. The molecule has 110 valence electrons. The van der Waals surface area contributed by atoms with Gasteiger partial charge in [-0.25, -0.2) is 8.42 Å². The third-order valence-corrected chi connectivity index (χ3v) is 5.59. The van der Waals surface area contributed by atoms with Gasteiger partial charge in [-0.05, 0) is 53.2 Å². The second kappa shape index (κ2) is 6.29. The maximum Gasteiger partial charge on any atom is 0.263 e. The number of para-hydroxylation sites is 1. The minimum Gasteiger partial charge on any atom is -0.294 e. The van der Waals surface area contributed by atoms with Gasteiger partial charge < -0.3 is 0 Å². The molecule has 2 aromatic rings. The molecule has 0 saturated heterocycles. The van der Waals surface area contributed by atoms with Crippen LogP contribution in [0.2, 0.25) is 0 Å². The predicted octanol–water partition coefficient (Wildman–Crippen LogP) is 4.22. The SMILES string of the molecule is CC(=O)c1ccccc1NS(=O)(=O)c1cc(Br)ccc1Br. The maximum absolute atomic E-state index is 12.5. The standard InChI is InChI=1S/C14H11Br2NO3S/c1-9(18)11-4-2-3-5-13(11)17-21(19,20)14-8-10(15)6-7-12(14)16/h2-8,17H,1H3. The van der Waals surface area contributed by atoms with Crippen molar-refractivity contribution in [3.63, 3.8) is 0 Å². The molecule has 0 amide bonds. The summed E-state index contributed by atoms with van der Waals surface area (Å²) >= 11 is 6.46. The van der Waals surface area contributed by atoms with Crippen LogP contribution in [0.15, 0.2) is 56.3 Å². The van der Waals surface area contributed by atoms with Crippen LogP contribution in [0, 0.1) is 0 Å². The summed E-state index contributed by atoms with van der Waals surface area (Å²) in [5.41, 5.74) is 0.587. The third-order valence-electron chi connectivity index (χ3n) is 2.73. The Morgan fingerprint density at radius 1 is 1.10 bits per heavy atom. The Bertz CT molecular complexity index is 804. The monoisotopic (exact) mass is 431 g/mol. The van der Waals surface area contributed by atoms with E-state index in [1.165, 1.54) is 13.0 Å². The highest BCUT2D eigenvalue weighted by atomic mass is 79.9. The molecule has 0 aliphatic carbocycles. The fourth-order valence-corrected chi connectivity index (χ4v) is 4.34. The van der Waals surface area contributed by atoms with E-state index >= 15 is 0 Å². The first-order chi connectivity index (χ1) is 9.81. The van der Waals surface area contributed by atoms with E-state index in [2.05, 4.69) is 36.6 Å². The van der Waals surface area contributed by atoms with Crippen molar-refractivity contribution in [3.8, 4) is 0 Å². The lowest BCUT2D eigenvalue weighted by Crippen LogP contribution is -2.15. The van der Waals surface area contributed by atoms with Crippen LogP contribution in [0.5, 0.6) is 0 Å². The van der Waals surface area contributed by atoms with Crippen molar-refractivity contribution >= 4 is 53.4 Å². The molecule has 0 spiro atoms. The molecular formula is C14H11Br2NO3S. The van der Waals surface area contributed by atoms with E-state index in [1.54, 1.807) is 36.4 Å². The molecule has 2 aromatic carbocycles. The summed E-state index contributed by atoms with van der Waals surface area (Å²) in [4.78, 5) is 11.7. The average molecular weight is 433 g/mol. The zero-order valence-electron chi connectivity index (χ0n) is 10.9. The Kier molecular flexibility index (Phi) is 4.85. The van der Waals surface area contributed by atoms with Crippen molar-refractivity contribution in [1.82, 2.24) is 0 Å². The zero-order chi connectivity index (χ0) is 15.6. The summed E-state index contributed by atoms with van der Waals surface area (Å²) in [6.07, 6.45) is 0. The molecular weight excluding hydrogens is 422 g/mol. The number of benzene rings is 2.